The van der Waals surface area contributed by atoms with Crippen LogP contribution in [0.2, 0.25) is 0 Å². The van der Waals surface area contributed by atoms with Gasteiger partial charge in [-0.2, -0.15) is 5.10 Å². The normalized spacial score (nSPS) is 29.5. The number of nitrogens with zero attached hydrogens (tertiary/aromatic N) is 2. The maximum atomic E-state index is 4.62. The molecule has 1 aromatic heterocycles. The van der Waals surface area contributed by atoms with Crippen LogP contribution in [0.15, 0.2) is 12.3 Å². The molecule has 17 heavy (non-hydrogen) atoms. The Balaban J connectivity index is 2.08. The summed E-state index contributed by atoms with van der Waals surface area (Å²) in [6, 6.07) is 2.20. The van der Waals surface area contributed by atoms with E-state index in [-0.39, 0.29) is 0 Å². The van der Waals surface area contributed by atoms with Crippen LogP contribution < -0.4 is 5.32 Å². The highest BCUT2D eigenvalue weighted by molar-refractivity contribution is 5.10. The minimum atomic E-state index is 0.652. The summed E-state index contributed by atoms with van der Waals surface area (Å²) < 4.78 is 1.93. The van der Waals surface area contributed by atoms with Crippen molar-refractivity contribution in [2.45, 2.75) is 39.0 Å². The summed E-state index contributed by atoms with van der Waals surface area (Å²) >= 11 is 0. The molecule has 0 aliphatic heterocycles. The van der Waals surface area contributed by atoms with Crippen LogP contribution in [0, 0.1) is 11.8 Å². The van der Waals surface area contributed by atoms with Crippen LogP contribution in [0.3, 0.4) is 0 Å². The van der Waals surface area contributed by atoms with E-state index in [1.54, 1.807) is 0 Å². The summed E-state index contributed by atoms with van der Waals surface area (Å²) in [4.78, 5) is 0. The predicted molar refractivity (Wildman–Crippen MR) is 71.0 cm³/mol. The quantitative estimate of drug-likeness (QED) is 0.869. The van der Waals surface area contributed by atoms with Gasteiger partial charge in [-0.1, -0.05) is 20.3 Å². The molecule has 3 heteroatoms. The molecule has 3 unspecified atom stereocenters. The number of hydrogen-bond donors (Lipinski definition) is 1. The van der Waals surface area contributed by atoms with Gasteiger partial charge in [-0.15, -0.1) is 0 Å². The molecule has 0 amide bonds. The van der Waals surface area contributed by atoms with E-state index in [1.165, 1.54) is 25.0 Å². The van der Waals surface area contributed by atoms with Crippen LogP contribution in [0.5, 0.6) is 0 Å². The van der Waals surface area contributed by atoms with E-state index in [0.29, 0.717) is 5.92 Å². The number of nitrogens with one attached hydrogen (secondary N) is 1. The molecular formula is C14H25N3. The van der Waals surface area contributed by atoms with Gasteiger partial charge in [-0.05, 0) is 43.8 Å². The van der Waals surface area contributed by atoms with Crippen molar-refractivity contribution in [1.29, 1.82) is 0 Å². The number of rotatable bonds is 4. The third-order valence-electron chi connectivity index (χ3n) is 4.03. The summed E-state index contributed by atoms with van der Waals surface area (Å²) in [6.07, 6.45) is 6.08. The Morgan fingerprint density at radius 3 is 2.94 bits per heavy atom. The van der Waals surface area contributed by atoms with Crippen LogP contribution in [-0.2, 0) is 7.05 Å². The van der Waals surface area contributed by atoms with E-state index >= 15 is 0 Å². The summed E-state index contributed by atoms with van der Waals surface area (Å²) in [6.45, 7) is 6.77. The van der Waals surface area contributed by atoms with Crippen molar-refractivity contribution in [2.75, 3.05) is 13.1 Å². The largest absolute Gasteiger partial charge is 0.317 e. The summed E-state index contributed by atoms with van der Waals surface area (Å²) in [5.74, 6) is 2.26. The molecule has 96 valence electrons. The Kier molecular flexibility index (Phi) is 4.21. The van der Waals surface area contributed by atoms with Gasteiger partial charge in [0.15, 0.2) is 0 Å². The van der Waals surface area contributed by atoms with Gasteiger partial charge in [0.2, 0.25) is 0 Å². The molecule has 1 aliphatic carbocycles. The molecule has 3 nitrogen and oxygen atoms in total. The highest BCUT2D eigenvalue weighted by Gasteiger charge is 2.30. The maximum absolute atomic E-state index is 4.62. The lowest BCUT2D eigenvalue weighted by Gasteiger charge is -2.34. The lowest BCUT2D eigenvalue weighted by atomic mass is 9.73. The summed E-state index contributed by atoms with van der Waals surface area (Å²) in [5.41, 5.74) is 1.29. The van der Waals surface area contributed by atoms with E-state index in [9.17, 15) is 0 Å². The highest BCUT2D eigenvalue weighted by Crippen LogP contribution is 2.39. The lowest BCUT2D eigenvalue weighted by molar-refractivity contribution is 0.238. The molecule has 3 atom stereocenters. The molecule has 0 radical (unpaired) electrons. The van der Waals surface area contributed by atoms with Crippen molar-refractivity contribution in [3.8, 4) is 0 Å². The first-order valence-electron chi connectivity index (χ1n) is 6.91. The molecule has 1 fully saturated rings. The van der Waals surface area contributed by atoms with Crippen LogP contribution >= 0.6 is 0 Å². The monoisotopic (exact) mass is 235 g/mol. The summed E-state index contributed by atoms with van der Waals surface area (Å²) in [5, 5.41) is 8.12. The van der Waals surface area contributed by atoms with Crippen molar-refractivity contribution in [3.63, 3.8) is 0 Å². The van der Waals surface area contributed by atoms with E-state index in [1.807, 2.05) is 11.7 Å². The van der Waals surface area contributed by atoms with E-state index < -0.39 is 0 Å². The molecular weight excluding hydrogens is 210 g/mol. The molecule has 1 aromatic rings. The second kappa shape index (κ2) is 5.67. The topological polar surface area (TPSA) is 29.9 Å². The number of aryl methyl sites for hydroxylation is 1. The predicted octanol–water partition coefficient (Wildman–Crippen LogP) is 2.55. The fraction of sp³-hybridized carbons (Fsp3) is 0.786. The average Bonchev–Trinajstić information content (AvgIpc) is 2.74. The zero-order valence-electron chi connectivity index (χ0n) is 11.3. The van der Waals surface area contributed by atoms with E-state index in [2.05, 4.69) is 36.5 Å². The number of hydrogen-bond acceptors (Lipinski definition) is 2. The van der Waals surface area contributed by atoms with Gasteiger partial charge < -0.3 is 5.32 Å². The fourth-order valence-electron chi connectivity index (χ4n) is 3.01. The first kappa shape index (κ1) is 12.6. The minimum Gasteiger partial charge on any atom is -0.317 e. The SMILES string of the molecule is CCNCC1CCC(C)CC1c1ccn(C)n1. The first-order valence-corrected chi connectivity index (χ1v) is 6.91. The highest BCUT2D eigenvalue weighted by atomic mass is 15.2. The fourth-order valence-corrected chi connectivity index (χ4v) is 3.01. The van der Waals surface area contributed by atoms with E-state index in [0.717, 1.165) is 24.9 Å². The van der Waals surface area contributed by atoms with Crippen molar-refractivity contribution in [2.24, 2.45) is 18.9 Å². The maximum Gasteiger partial charge on any atom is 0.0658 e. The average molecular weight is 235 g/mol. The van der Waals surface area contributed by atoms with Crippen LogP contribution in [0.1, 0.15) is 44.7 Å². The smallest absolute Gasteiger partial charge is 0.0658 e. The van der Waals surface area contributed by atoms with Gasteiger partial charge >= 0.3 is 0 Å². The van der Waals surface area contributed by atoms with Gasteiger partial charge in [0.25, 0.3) is 0 Å². The zero-order chi connectivity index (χ0) is 12.3. The van der Waals surface area contributed by atoms with Gasteiger partial charge in [-0.25, -0.2) is 0 Å². The van der Waals surface area contributed by atoms with E-state index in [4.69, 9.17) is 0 Å². The van der Waals surface area contributed by atoms with Crippen molar-refractivity contribution in [3.05, 3.63) is 18.0 Å². The molecule has 1 heterocycles. The molecule has 1 saturated carbocycles. The molecule has 0 spiro atoms. The Bertz CT molecular complexity index is 343. The Morgan fingerprint density at radius 2 is 2.29 bits per heavy atom. The number of aromatic nitrogens is 2. The molecule has 0 saturated heterocycles. The van der Waals surface area contributed by atoms with Crippen LogP contribution in [0.25, 0.3) is 0 Å². The van der Waals surface area contributed by atoms with Gasteiger partial charge in [0, 0.05) is 19.2 Å². The molecule has 0 bridgehead atoms. The zero-order valence-corrected chi connectivity index (χ0v) is 11.3. The molecule has 0 aromatic carbocycles. The van der Waals surface area contributed by atoms with Gasteiger partial charge in [0.05, 0.1) is 5.69 Å². The molecule has 2 rings (SSSR count). The standard InChI is InChI=1S/C14H25N3/c1-4-15-10-12-6-5-11(2)9-13(12)14-7-8-17(3)16-14/h7-8,11-13,15H,4-6,9-10H2,1-3H3. The van der Waals surface area contributed by atoms with Crippen LogP contribution in [0.4, 0.5) is 0 Å². The first-order chi connectivity index (χ1) is 8.20. The Morgan fingerprint density at radius 1 is 1.47 bits per heavy atom. The Hall–Kier alpha value is -0.830. The molecule has 1 aliphatic rings. The Labute approximate surface area is 105 Å². The molecule has 1 N–H and O–H groups in total. The minimum absolute atomic E-state index is 0.652. The lowest BCUT2D eigenvalue weighted by Crippen LogP contribution is -2.31. The van der Waals surface area contributed by atoms with Gasteiger partial charge in [0.1, 0.15) is 0 Å². The second-order valence-electron chi connectivity index (χ2n) is 5.51. The van der Waals surface area contributed by atoms with Crippen molar-refractivity contribution >= 4 is 0 Å². The third kappa shape index (κ3) is 3.09. The third-order valence-corrected chi connectivity index (χ3v) is 4.03. The second-order valence-corrected chi connectivity index (χ2v) is 5.51. The summed E-state index contributed by atoms with van der Waals surface area (Å²) in [7, 11) is 2.01. The van der Waals surface area contributed by atoms with Gasteiger partial charge in [-0.3, -0.25) is 4.68 Å². The van der Waals surface area contributed by atoms with Crippen LogP contribution in [-0.4, -0.2) is 22.9 Å². The van der Waals surface area contributed by atoms with Crippen molar-refractivity contribution < 1.29 is 0 Å². The van der Waals surface area contributed by atoms with Crippen molar-refractivity contribution in [1.82, 2.24) is 15.1 Å².